The maximum absolute atomic E-state index is 10.6. The summed E-state index contributed by atoms with van der Waals surface area (Å²) in [6, 6.07) is 10.4. The first-order valence-electron chi connectivity index (χ1n) is 6.07. The van der Waals surface area contributed by atoms with Crippen LogP contribution in [-0.4, -0.2) is 15.1 Å². The molecule has 3 rings (SSSR count). The molecule has 0 N–H and O–H groups in total. The number of aromatic nitrogens is 2. The Balaban J connectivity index is 1.68. The zero-order chi connectivity index (χ0) is 15.5. The van der Waals surface area contributed by atoms with Crippen molar-refractivity contribution in [2.45, 2.75) is 10.1 Å². The van der Waals surface area contributed by atoms with E-state index in [9.17, 15) is 10.1 Å². The SMILES string of the molecule is O=[N+]([O-])c1ccc(-c2nnc(SCc3ccc(Cl)cc3)s2)o1. The van der Waals surface area contributed by atoms with E-state index in [4.69, 9.17) is 16.0 Å². The fourth-order valence-electron chi connectivity index (χ4n) is 1.63. The Labute approximate surface area is 138 Å². The van der Waals surface area contributed by atoms with Crippen molar-refractivity contribution in [2.75, 3.05) is 0 Å². The van der Waals surface area contributed by atoms with Crippen LogP contribution in [0.1, 0.15) is 5.56 Å². The molecule has 0 atom stereocenters. The van der Waals surface area contributed by atoms with Crippen LogP contribution in [0.4, 0.5) is 5.88 Å². The summed E-state index contributed by atoms with van der Waals surface area (Å²) < 4.78 is 5.87. The van der Waals surface area contributed by atoms with E-state index in [1.165, 1.54) is 35.2 Å². The summed E-state index contributed by atoms with van der Waals surface area (Å²) in [5.41, 5.74) is 1.12. The molecular weight excluding hydrogens is 346 g/mol. The second-order valence-corrected chi connectivity index (χ2v) is 6.82. The van der Waals surface area contributed by atoms with Gasteiger partial charge in [-0.15, -0.1) is 10.2 Å². The van der Waals surface area contributed by atoms with E-state index in [2.05, 4.69) is 10.2 Å². The number of thioether (sulfide) groups is 1. The number of nitrogens with zero attached hydrogens (tertiary/aromatic N) is 3. The number of hydrogen-bond acceptors (Lipinski definition) is 7. The van der Waals surface area contributed by atoms with Gasteiger partial charge in [0.05, 0.1) is 6.07 Å². The normalized spacial score (nSPS) is 10.8. The van der Waals surface area contributed by atoms with Gasteiger partial charge in [-0.3, -0.25) is 10.1 Å². The van der Waals surface area contributed by atoms with E-state index in [1.807, 2.05) is 24.3 Å². The highest BCUT2D eigenvalue weighted by Gasteiger charge is 2.16. The molecule has 3 aromatic rings. The second kappa shape index (κ2) is 6.47. The van der Waals surface area contributed by atoms with Crippen molar-refractivity contribution in [3.63, 3.8) is 0 Å². The average molecular weight is 354 g/mol. The Hall–Kier alpha value is -1.90. The van der Waals surface area contributed by atoms with Crippen molar-refractivity contribution < 1.29 is 9.34 Å². The van der Waals surface area contributed by atoms with Crippen LogP contribution in [0.5, 0.6) is 0 Å². The first-order chi connectivity index (χ1) is 10.6. The van der Waals surface area contributed by atoms with E-state index < -0.39 is 4.92 Å². The molecule has 0 amide bonds. The van der Waals surface area contributed by atoms with Gasteiger partial charge in [-0.2, -0.15) is 0 Å². The third-order valence-corrected chi connectivity index (χ3v) is 5.06. The lowest BCUT2D eigenvalue weighted by Crippen LogP contribution is -1.82. The van der Waals surface area contributed by atoms with Gasteiger partial charge in [0.15, 0.2) is 15.1 Å². The highest BCUT2D eigenvalue weighted by atomic mass is 35.5. The molecule has 9 heteroatoms. The van der Waals surface area contributed by atoms with Crippen LogP contribution in [0.15, 0.2) is 45.2 Å². The van der Waals surface area contributed by atoms with Gasteiger partial charge in [-0.1, -0.05) is 46.8 Å². The van der Waals surface area contributed by atoms with Crippen LogP contribution < -0.4 is 0 Å². The van der Waals surface area contributed by atoms with E-state index in [0.29, 0.717) is 15.8 Å². The van der Waals surface area contributed by atoms with E-state index in [-0.39, 0.29) is 5.88 Å². The molecule has 0 spiro atoms. The first kappa shape index (κ1) is 15.0. The van der Waals surface area contributed by atoms with E-state index in [0.717, 1.165) is 15.7 Å². The van der Waals surface area contributed by atoms with Crippen molar-refractivity contribution in [1.29, 1.82) is 0 Å². The third kappa shape index (κ3) is 3.46. The largest absolute Gasteiger partial charge is 0.433 e. The highest BCUT2D eigenvalue weighted by molar-refractivity contribution is 8.00. The number of furan rings is 1. The van der Waals surface area contributed by atoms with Gasteiger partial charge in [-0.05, 0) is 23.8 Å². The Morgan fingerprint density at radius 2 is 2.00 bits per heavy atom. The zero-order valence-corrected chi connectivity index (χ0v) is 13.3. The quantitative estimate of drug-likeness (QED) is 0.377. The maximum Gasteiger partial charge on any atom is 0.433 e. The predicted octanol–water partition coefficient (Wildman–Crippen LogP) is 4.65. The lowest BCUT2D eigenvalue weighted by atomic mass is 10.2. The van der Waals surface area contributed by atoms with Gasteiger partial charge >= 0.3 is 5.88 Å². The smallest absolute Gasteiger partial charge is 0.398 e. The van der Waals surface area contributed by atoms with Gasteiger partial charge in [0.2, 0.25) is 0 Å². The fraction of sp³-hybridized carbons (Fsp3) is 0.0769. The van der Waals surface area contributed by atoms with Gasteiger partial charge in [-0.25, -0.2) is 0 Å². The minimum atomic E-state index is -0.583. The van der Waals surface area contributed by atoms with Crippen LogP contribution >= 0.6 is 34.7 Å². The maximum atomic E-state index is 10.6. The van der Waals surface area contributed by atoms with Crippen LogP contribution in [0.3, 0.4) is 0 Å². The Kier molecular flexibility index (Phi) is 4.41. The minimum Gasteiger partial charge on any atom is -0.398 e. The molecule has 0 aliphatic carbocycles. The number of halogens is 1. The number of rotatable bonds is 5. The van der Waals surface area contributed by atoms with Crippen LogP contribution in [-0.2, 0) is 5.75 Å². The summed E-state index contributed by atoms with van der Waals surface area (Å²) in [6.45, 7) is 0. The molecule has 2 heterocycles. The van der Waals surface area contributed by atoms with Crippen molar-refractivity contribution in [1.82, 2.24) is 10.2 Å². The summed E-state index contributed by atoms with van der Waals surface area (Å²) in [7, 11) is 0. The van der Waals surface area contributed by atoms with E-state index in [1.54, 1.807) is 0 Å². The highest BCUT2D eigenvalue weighted by Crippen LogP contribution is 2.33. The van der Waals surface area contributed by atoms with Crippen molar-refractivity contribution in [3.05, 3.63) is 57.1 Å². The van der Waals surface area contributed by atoms with Crippen LogP contribution in [0.25, 0.3) is 10.8 Å². The van der Waals surface area contributed by atoms with Gasteiger partial charge < -0.3 is 4.42 Å². The van der Waals surface area contributed by atoms with Crippen molar-refractivity contribution in [3.8, 4) is 10.8 Å². The van der Waals surface area contributed by atoms with Gasteiger partial charge in [0.25, 0.3) is 0 Å². The Morgan fingerprint density at radius 3 is 2.68 bits per heavy atom. The summed E-state index contributed by atoms with van der Waals surface area (Å²) in [6.07, 6.45) is 0. The van der Waals surface area contributed by atoms with Gasteiger partial charge in [0, 0.05) is 10.8 Å². The lowest BCUT2D eigenvalue weighted by molar-refractivity contribution is -0.401. The first-order valence-corrected chi connectivity index (χ1v) is 8.25. The summed E-state index contributed by atoms with van der Waals surface area (Å²) in [5, 5.41) is 19.9. The zero-order valence-electron chi connectivity index (χ0n) is 10.9. The average Bonchev–Trinajstić information content (AvgIpc) is 3.15. The molecule has 1 aromatic carbocycles. The molecule has 2 aromatic heterocycles. The molecule has 0 aliphatic rings. The molecule has 0 saturated carbocycles. The second-order valence-electron chi connectivity index (χ2n) is 4.18. The standard InChI is InChI=1S/C13H8ClN3O3S2/c14-9-3-1-8(2-4-9)7-21-13-16-15-12(22-13)10-5-6-11(20-10)17(18)19/h1-6H,7H2. The topological polar surface area (TPSA) is 82.1 Å². The number of hydrogen-bond donors (Lipinski definition) is 0. The number of benzene rings is 1. The van der Waals surface area contributed by atoms with Crippen molar-refractivity contribution >= 4 is 40.6 Å². The molecule has 0 saturated heterocycles. The molecule has 6 nitrogen and oxygen atoms in total. The molecule has 0 bridgehead atoms. The van der Waals surface area contributed by atoms with E-state index >= 15 is 0 Å². The summed E-state index contributed by atoms with van der Waals surface area (Å²) >= 11 is 8.70. The minimum absolute atomic E-state index is 0.305. The molecule has 0 radical (unpaired) electrons. The monoisotopic (exact) mass is 353 g/mol. The molecule has 22 heavy (non-hydrogen) atoms. The molecule has 0 fully saturated rings. The molecule has 112 valence electrons. The fourth-order valence-corrected chi connectivity index (χ4v) is 3.53. The lowest BCUT2D eigenvalue weighted by Gasteiger charge is -1.98. The molecule has 0 unspecified atom stereocenters. The summed E-state index contributed by atoms with van der Waals surface area (Å²) in [4.78, 5) is 10.0. The Morgan fingerprint density at radius 1 is 1.23 bits per heavy atom. The Bertz CT molecular complexity index is 801. The third-order valence-electron chi connectivity index (χ3n) is 2.66. The molecule has 0 aliphatic heterocycles. The molecular formula is C13H8ClN3O3S2. The summed E-state index contributed by atoms with van der Waals surface area (Å²) in [5.74, 6) is 0.785. The van der Waals surface area contributed by atoms with Crippen LogP contribution in [0.2, 0.25) is 5.02 Å². The van der Waals surface area contributed by atoms with Gasteiger partial charge in [0.1, 0.15) is 4.92 Å². The van der Waals surface area contributed by atoms with Crippen molar-refractivity contribution in [2.24, 2.45) is 0 Å². The van der Waals surface area contributed by atoms with Crippen LogP contribution in [0, 0.1) is 10.1 Å². The predicted molar refractivity (Wildman–Crippen MR) is 85.3 cm³/mol. The number of nitro groups is 1.